The zero-order valence-electron chi connectivity index (χ0n) is 11.8. The van der Waals surface area contributed by atoms with E-state index < -0.39 is 46.5 Å². The SMILES string of the molecule is Cc1cc(N(N)C(N)=O)c(C(=O)O)c(N(N)C(N)=O)c1C(=O)O. The summed E-state index contributed by atoms with van der Waals surface area (Å²) < 4.78 is 0. The van der Waals surface area contributed by atoms with Gasteiger partial charge in [0, 0.05) is 0 Å². The van der Waals surface area contributed by atoms with E-state index in [1.54, 1.807) is 0 Å². The molecule has 0 bridgehead atoms. The second-order valence-corrected chi connectivity index (χ2v) is 4.34. The molecule has 12 nitrogen and oxygen atoms in total. The van der Waals surface area contributed by atoms with E-state index >= 15 is 0 Å². The molecule has 0 saturated heterocycles. The lowest BCUT2D eigenvalue weighted by molar-refractivity contribution is 0.0695. The third-order valence-electron chi connectivity index (χ3n) is 2.88. The number of hydrazine groups is 2. The molecule has 23 heavy (non-hydrogen) atoms. The molecule has 0 saturated carbocycles. The first-order valence-electron chi connectivity index (χ1n) is 5.83. The fraction of sp³-hybridized carbons (Fsp3) is 0.0909. The van der Waals surface area contributed by atoms with Crippen LogP contribution in [0.1, 0.15) is 26.3 Å². The molecule has 1 rings (SSSR count). The summed E-state index contributed by atoms with van der Waals surface area (Å²) in [5.41, 5.74) is 7.33. The lowest BCUT2D eigenvalue weighted by atomic mass is 9.98. The maximum atomic E-state index is 11.5. The predicted molar refractivity (Wildman–Crippen MR) is 77.6 cm³/mol. The Morgan fingerprint density at radius 3 is 1.70 bits per heavy atom. The number of hydrogen-bond acceptors (Lipinski definition) is 6. The van der Waals surface area contributed by atoms with E-state index in [2.05, 4.69) is 0 Å². The standard InChI is InChI=1S/C11H14N6O6/c1-3-2-4(16(14)10(12)22)6(9(20)21)7(5(3)8(18)19)17(15)11(13)23/h2H,14-15H2,1H3,(H2,12,22)(H2,13,23)(H,18,19)(H,20,21). The largest absolute Gasteiger partial charge is 0.478 e. The maximum Gasteiger partial charge on any atom is 0.340 e. The monoisotopic (exact) mass is 326 g/mol. The van der Waals surface area contributed by atoms with Crippen LogP contribution in [0.25, 0.3) is 0 Å². The number of amides is 4. The van der Waals surface area contributed by atoms with Gasteiger partial charge >= 0.3 is 24.0 Å². The second kappa shape index (κ2) is 6.17. The number of primary amides is 2. The van der Waals surface area contributed by atoms with E-state index in [4.69, 9.17) is 23.2 Å². The molecule has 0 aliphatic rings. The molecule has 1 aromatic carbocycles. The zero-order valence-corrected chi connectivity index (χ0v) is 11.8. The first kappa shape index (κ1) is 17.7. The molecular weight excluding hydrogens is 312 g/mol. The van der Waals surface area contributed by atoms with Crippen molar-refractivity contribution in [3.8, 4) is 0 Å². The Kier molecular flexibility index (Phi) is 4.74. The highest BCUT2D eigenvalue weighted by molar-refractivity contribution is 6.13. The van der Waals surface area contributed by atoms with Crippen molar-refractivity contribution in [3.05, 3.63) is 22.8 Å². The van der Waals surface area contributed by atoms with Crippen LogP contribution in [0, 0.1) is 6.92 Å². The number of aromatic carboxylic acids is 2. The molecule has 124 valence electrons. The Hall–Kier alpha value is -3.38. The van der Waals surface area contributed by atoms with E-state index in [-0.39, 0.29) is 15.6 Å². The molecule has 0 aromatic heterocycles. The van der Waals surface area contributed by atoms with Crippen LogP contribution in [0.4, 0.5) is 21.0 Å². The number of urea groups is 2. The Morgan fingerprint density at radius 2 is 1.35 bits per heavy atom. The quantitative estimate of drug-likeness (QED) is 0.226. The number of nitrogens with two attached hydrogens (primary N) is 4. The Bertz CT molecular complexity index is 717. The van der Waals surface area contributed by atoms with E-state index in [1.807, 2.05) is 0 Å². The number of carbonyl (C=O) groups excluding carboxylic acids is 2. The van der Waals surface area contributed by atoms with Gasteiger partial charge < -0.3 is 21.7 Å². The van der Waals surface area contributed by atoms with Gasteiger partial charge in [-0.25, -0.2) is 40.9 Å². The lowest BCUT2D eigenvalue weighted by Gasteiger charge is -2.25. The Balaban J connectivity index is 3.99. The van der Waals surface area contributed by atoms with Gasteiger partial charge in [-0.05, 0) is 18.6 Å². The van der Waals surface area contributed by atoms with Crippen LogP contribution in [0.15, 0.2) is 6.07 Å². The Morgan fingerprint density at radius 1 is 0.913 bits per heavy atom. The number of hydrogen-bond donors (Lipinski definition) is 6. The summed E-state index contributed by atoms with van der Waals surface area (Å²) in [6.45, 7) is 1.28. The fourth-order valence-corrected chi connectivity index (χ4v) is 1.92. The van der Waals surface area contributed by atoms with Gasteiger partial charge in [0.1, 0.15) is 5.56 Å². The highest BCUT2D eigenvalue weighted by Crippen LogP contribution is 2.34. The van der Waals surface area contributed by atoms with Crippen molar-refractivity contribution in [1.82, 2.24) is 0 Å². The molecule has 4 amide bonds. The van der Waals surface area contributed by atoms with Crippen LogP contribution in [0.5, 0.6) is 0 Å². The lowest BCUT2D eigenvalue weighted by Crippen LogP contribution is -2.45. The van der Waals surface area contributed by atoms with Crippen LogP contribution in [0.3, 0.4) is 0 Å². The van der Waals surface area contributed by atoms with Crippen molar-refractivity contribution < 1.29 is 29.4 Å². The number of nitrogens with zero attached hydrogens (tertiary/aromatic N) is 2. The van der Waals surface area contributed by atoms with Gasteiger partial charge in [0.25, 0.3) is 0 Å². The van der Waals surface area contributed by atoms with Gasteiger partial charge in [0.05, 0.1) is 16.9 Å². The molecule has 12 heteroatoms. The maximum absolute atomic E-state index is 11.5. The van der Waals surface area contributed by atoms with Crippen molar-refractivity contribution in [3.63, 3.8) is 0 Å². The summed E-state index contributed by atoms with van der Waals surface area (Å²) in [5.74, 6) is 7.51. The van der Waals surface area contributed by atoms with Gasteiger partial charge in [-0.15, -0.1) is 0 Å². The van der Waals surface area contributed by atoms with Gasteiger partial charge in [0.2, 0.25) is 0 Å². The summed E-state index contributed by atoms with van der Waals surface area (Å²) in [6.07, 6.45) is 0. The van der Waals surface area contributed by atoms with Crippen molar-refractivity contribution in [2.75, 3.05) is 10.0 Å². The topological polar surface area (TPSA) is 219 Å². The number of carbonyl (C=O) groups is 4. The number of carboxylic acid groups (broad SMARTS) is 2. The molecule has 0 heterocycles. The van der Waals surface area contributed by atoms with E-state index in [0.29, 0.717) is 0 Å². The van der Waals surface area contributed by atoms with Crippen molar-refractivity contribution >= 4 is 35.4 Å². The van der Waals surface area contributed by atoms with Gasteiger partial charge in [-0.1, -0.05) is 0 Å². The minimum Gasteiger partial charge on any atom is -0.478 e. The van der Waals surface area contributed by atoms with Crippen LogP contribution >= 0.6 is 0 Å². The molecule has 1 aromatic rings. The highest BCUT2D eigenvalue weighted by Gasteiger charge is 2.31. The summed E-state index contributed by atoms with van der Waals surface area (Å²) in [4.78, 5) is 45.4. The van der Waals surface area contributed by atoms with E-state index in [9.17, 15) is 29.4 Å². The van der Waals surface area contributed by atoms with E-state index in [0.717, 1.165) is 6.07 Å². The van der Waals surface area contributed by atoms with Crippen molar-refractivity contribution in [2.45, 2.75) is 6.92 Å². The zero-order chi connectivity index (χ0) is 18.1. The molecule has 0 unspecified atom stereocenters. The fourth-order valence-electron chi connectivity index (χ4n) is 1.92. The molecule has 0 aliphatic heterocycles. The molecular formula is C11H14N6O6. The minimum atomic E-state index is -1.70. The second-order valence-electron chi connectivity index (χ2n) is 4.34. The number of aryl methyl sites for hydroxylation is 1. The van der Waals surface area contributed by atoms with Crippen LogP contribution in [-0.4, -0.2) is 34.2 Å². The number of benzene rings is 1. The van der Waals surface area contributed by atoms with Crippen LogP contribution in [-0.2, 0) is 0 Å². The molecule has 0 atom stereocenters. The number of anilines is 2. The number of carboxylic acids is 2. The average Bonchev–Trinajstić information content (AvgIpc) is 2.43. The molecule has 0 radical (unpaired) electrons. The normalized spacial score (nSPS) is 10.0. The number of rotatable bonds is 4. The third-order valence-corrected chi connectivity index (χ3v) is 2.88. The van der Waals surface area contributed by atoms with Crippen molar-refractivity contribution in [2.24, 2.45) is 23.2 Å². The molecule has 0 fully saturated rings. The van der Waals surface area contributed by atoms with Crippen LogP contribution < -0.4 is 33.2 Å². The van der Waals surface area contributed by atoms with Crippen LogP contribution in [0.2, 0.25) is 0 Å². The van der Waals surface area contributed by atoms with Gasteiger partial charge in [0.15, 0.2) is 0 Å². The van der Waals surface area contributed by atoms with Crippen molar-refractivity contribution in [1.29, 1.82) is 0 Å². The summed E-state index contributed by atoms with van der Waals surface area (Å²) in [5, 5.41) is 19.0. The predicted octanol–water partition coefficient (Wildman–Crippen LogP) is -1.09. The average molecular weight is 326 g/mol. The first-order valence-corrected chi connectivity index (χ1v) is 5.83. The smallest absolute Gasteiger partial charge is 0.340 e. The molecule has 0 spiro atoms. The van der Waals surface area contributed by atoms with E-state index in [1.165, 1.54) is 6.92 Å². The molecule has 10 N–H and O–H groups in total. The van der Waals surface area contributed by atoms with Gasteiger partial charge in [-0.2, -0.15) is 0 Å². The first-order chi connectivity index (χ1) is 10.5. The summed E-state index contributed by atoms with van der Waals surface area (Å²) in [7, 11) is 0. The minimum absolute atomic E-state index is 0.0269. The third kappa shape index (κ3) is 3.12. The molecule has 0 aliphatic carbocycles. The summed E-state index contributed by atoms with van der Waals surface area (Å²) >= 11 is 0. The van der Waals surface area contributed by atoms with Gasteiger partial charge in [-0.3, -0.25) is 0 Å². The summed E-state index contributed by atoms with van der Waals surface area (Å²) in [6, 6.07) is -1.53. The Labute approximate surface area is 128 Å². The highest BCUT2D eigenvalue weighted by atomic mass is 16.4.